The number of carbonyl (C=O) groups is 3. The number of hydrogen-bond donors (Lipinski definition) is 2. The van der Waals surface area contributed by atoms with Gasteiger partial charge in [-0.3, -0.25) is 14.4 Å². The first-order valence-electron chi connectivity index (χ1n) is 11.0. The number of halogens is 2. The van der Waals surface area contributed by atoms with Gasteiger partial charge >= 0.3 is 0 Å². The third kappa shape index (κ3) is 6.32. The topological polar surface area (TPSA) is 87.7 Å². The molecule has 9 heteroatoms. The average molecular weight is 512 g/mol. The van der Waals surface area contributed by atoms with Gasteiger partial charge in [0.25, 0.3) is 5.91 Å². The molecule has 1 saturated heterocycles. The lowest BCUT2D eigenvalue weighted by Gasteiger charge is -2.17. The van der Waals surface area contributed by atoms with Gasteiger partial charge in [0.2, 0.25) is 11.8 Å². The van der Waals surface area contributed by atoms with Crippen molar-refractivity contribution in [2.45, 2.75) is 13.0 Å². The van der Waals surface area contributed by atoms with Crippen LogP contribution < -0.4 is 20.3 Å². The van der Waals surface area contributed by atoms with Crippen molar-refractivity contribution in [2.24, 2.45) is 5.92 Å². The maximum atomic E-state index is 12.6. The van der Waals surface area contributed by atoms with E-state index < -0.39 is 11.8 Å². The molecular formula is C26H23Cl2N3O4. The summed E-state index contributed by atoms with van der Waals surface area (Å²) in [6, 6.07) is 21.4. The zero-order chi connectivity index (χ0) is 24.8. The Morgan fingerprint density at radius 3 is 2.46 bits per heavy atom. The lowest BCUT2D eigenvalue weighted by Crippen LogP contribution is -2.32. The van der Waals surface area contributed by atoms with Crippen molar-refractivity contribution < 1.29 is 19.1 Å². The minimum absolute atomic E-state index is 0.115. The second-order valence-corrected chi connectivity index (χ2v) is 8.83. The van der Waals surface area contributed by atoms with Crippen LogP contribution >= 0.6 is 23.2 Å². The predicted molar refractivity (Wildman–Crippen MR) is 136 cm³/mol. The van der Waals surface area contributed by atoms with Crippen molar-refractivity contribution in [3.63, 3.8) is 0 Å². The van der Waals surface area contributed by atoms with Crippen LogP contribution in [0.5, 0.6) is 5.75 Å². The molecular weight excluding hydrogens is 489 g/mol. The number of rotatable bonds is 8. The highest BCUT2D eigenvalue weighted by atomic mass is 35.5. The molecule has 1 fully saturated rings. The molecule has 0 spiro atoms. The van der Waals surface area contributed by atoms with E-state index in [0.717, 1.165) is 5.56 Å². The number of nitrogens with one attached hydrogen (secondary N) is 2. The fraction of sp³-hybridized carbons (Fsp3) is 0.192. The monoisotopic (exact) mass is 511 g/mol. The van der Waals surface area contributed by atoms with Gasteiger partial charge in [0.1, 0.15) is 5.75 Å². The molecule has 1 atom stereocenters. The fourth-order valence-electron chi connectivity index (χ4n) is 3.72. The SMILES string of the molecule is O=C(COc1ccc(N2C[C@H](C(=O)NCc3ccccc3)CC2=O)cc1)Nc1cccc(Cl)c1Cl. The Morgan fingerprint density at radius 1 is 0.971 bits per heavy atom. The molecule has 0 aromatic heterocycles. The molecule has 0 aliphatic carbocycles. The summed E-state index contributed by atoms with van der Waals surface area (Å²) in [6.45, 7) is 0.504. The molecule has 0 bridgehead atoms. The van der Waals surface area contributed by atoms with E-state index in [4.69, 9.17) is 27.9 Å². The van der Waals surface area contributed by atoms with E-state index in [2.05, 4.69) is 10.6 Å². The van der Waals surface area contributed by atoms with Gasteiger partial charge in [0, 0.05) is 25.2 Å². The van der Waals surface area contributed by atoms with Crippen molar-refractivity contribution in [3.05, 3.63) is 88.4 Å². The first kappa shape index (κ1) is 24.6. The largest absolute Gasteiger partial charge is 0.484 e. The average Bonchev–Trinajstić information content (AvgIpc) is 3.26. The molecule has 3 amide bonds. The summed E-state index contributed by atoms with van der Waals surface area (Å²) in [7, 11) is 0. The van der Waals surface area contributed by atoms with E-state index in [1.165, 1.54) is 0 Å². The molecule has 4 rings (SSSR count). The summed E-state index contributed by atoms with van der Waals surface area (Å²) in [5.41, 5.74) is 2.07. The maximum Gasteiger partial charge on any atom is 0.262 e. The molecule has 35 heavy (non-hydrogen) atoms. The van der Waals surface area contributed by atoms with E-state index >= 15 is 0 Å². The van der Waals surface area contributed by atoms with Crippen LogP contribution in [-0.4, -0.2) is 30.9 Å². The van der Waals surface area contributed by atoms with Gasteiger partial charge in [-0.15, -0.1) is 0 Å². The number of anilines is 2. The van der Waals surface area contributed by atoms with Crippen LogP contribution in [0.3, 0.4) is 0 Å². The van der Waals surface area contributed by atoms with Gasteiger partial charge in [-0.1, -0.05) is 59.6 Å². The number of hydrogen-bond acceptors (Lipinski definition) is 4. The Bertz CT molecular complexity index is 1220. The third-order valence-corrected chi connectivity index (χ3v) is 6.37. The molecule has 7 nitrogen and oxygen atoms in total. The summed E-state index contributed by atoms with van der Waals surface area (Å²) < 4.78 is 5.53. The lowest BCUT2D eigenvalue weighted by molar-refractivity contribution is -0.126. The normalized spacial score (nSPS) is 15.1. The highest BCUT2D eigenvalue weighted by molar-refractivity contribution is 6.44. The summed E-state index contributed by atoms with van der Waals surface area (Å²) in [5.74, 6) is -0.599. The molecule has 0 radical (unpaired) electrons. The zero-order valence-corrected chi connectivity index (χ0v) is 20.2. The summed E-state index contributed by atoms with van der Waals surface area (Å²) >= 11 is 12.0. The molecule has 0 unspecified atom stereocenters. The summed E-state index contributed by atoms with van der Waals surface area (Å²) in [4.78, 5) is 38.9. The molecule has 1 heterocycles. The third-order valence-electron chi connectivity index (χ3n) is 5.55. The fourth-order valence-corrected chi connectivity index (χ4v) is 4.07. The van der Waals surface area contributed by atoms with E-state index in [1.807, 2.05) is 30.3 Å². The first-order valence-corrected chi connectivity index (χ1v) is 11.7. The Labute approximate surface area is 213 Å². The van der Waals surface area contributed by atoms with Crippen LogP contribution in [0.15, 0.2) is 72.8 Å². The number of benzene rings is 3. The van der Waals surface area contributed by atoms with Gasteiger partial charge in [-0.25, -0.2) is 0 Å². The Balaban J connectivity index is 1.28. The minimum atomic E-state index is -0.413. The molecule has 1 aliphatic heterocycles. The van der Waals surface area contributed by atoms with Crippen molar-refractivity contribution in [1.29, 1.82) is 0 Å². The zero-order valence-electron chi connectivity index (χ0n) is 18.7. The van der Waals surface area contributed by atoms with E-state index in [9.17, 15) is 14.4 Å². The molecule has 1 aliphatic rings. The van der Waals surface area contributed by atoms with Crippen molar-refractivity contribution in [2.75, 3.05) is 23.4 Å². The number of amides is 3. The lowest BCUT2D eigenvalue weighted by atomic mass is 10.1. The molecule has 180 valence electrons. The Hall–Kier alpha value is -3.55. The molecule has 0 saturated carbocycles. The molecule has 3 aromatic carbocycles. The predicted octanol–water partition coefficient (Wildman–Crippen LogP) is 4.68. The van der Waals surface area contributed by atoms with Crippen molar-refractivity contribution in [1.82, 2.24) is 5.32 Å². The Kier molecular flexibility index (Phi) is 7.90. The van der Waals surface area contributed by atoms with Crippen molar-refractivity contribution >= 4 is 52.3 Å². The van der Waals surface area contributed by atoms with E-state index in [-0.39, 0.29) is 29.9 Å². The first-order chi connectivity index (χ1) is 16.9. The van der Waals surface area contributed by atoms with Crippen molar-refractivity contribution in [3.8, 4) is 5.75 Å². The van der Waals surface area contributed by atoms with Crippen LogP contribution in [0.25, 0.3) is 0 Å². The highest BCUT2D eigenvalue weighted by Gasteiger charge is 2.35. The van der Waals surface area contributed by atoms with Gasteiger partial charge < -0.3 is 20.3 Å². The second kappa shape index (κ2) is 11.3. The van der Waals surface area contributed by atoms with Crippen LogP contribution in [0.1, 0.15) is 12.0 Å². The van der Waals surface area contributed by atoms with E-state index in [0.29, 0.717) is 35.2 Å². The molecule has 2 N–H and O–H groups in total. The van der Waals surface area contributed by atoms with Crippen LogP contribution in [0.2, 0.25) is 10.0 Å². The standard InChI is InChI=1S/C26H23Cl2N3O4/c27-21-7-4-8-22(25(21)28)30-23(32)16-35-20-11-9-19(10-12-20)31-15-18(13-24(31)33)26(34)29-14-17-5-2-1-3-6-17/h1-12,18H,13-16H2,(H,29,34)(H,30,32)/t18-/m1/s1. The number of ether oxygens (including phenoxy) is 1. The maximum absolute atomic E-state index is 12.6. The second-order valence-electron chi connectivity index (χ2n) is 8.04. The minimum Gasteiger partial charge on any atom is -0.484 e. The number of carbonyl (C=O) groups excluding carboxylic acids is 3. The highest BCUT2D eigenvalue weighted by Crippen LogP contribution is 2.30. The van der Waals surface area contributed by atoms with Crippen LogP contribution in [-0.2, 0) is 20.9 Å². The molecule has 3 aromatic rings. The summed E-state index contributed by atoms with van der Waals surface area (Å²) in [5, 5.41) is 6.15. The smallest absolute Gasteiger partial charge is 0.262 e. The number of nitrogens with zero attached hydrogens (tertiary/aromatic N) is 1. The van der Waals surface area contributed by atoms with Gasteiger partial charge in [0.15, 0.2) is 6.61 Å². The van der Waals surface area contributed by atoms with Gasteiger partial charge in [0.05, 0.1) is 21.7 Å². The van der Waals surface area contributed by atoms with Gasteiger partial charge in [-0.2, -0.15) is 0 Å². The summed E-state index contributed by atoms with van der Waals surface area (Å²) in [6.07, 6.45) is 0.158. The van der Waals surface area contributed by atoms with Gasteiger partial charge in [-0.05, 0) is 42.0 Å². The Morgan fingerprint density at radius 2 is 1.71 bits per heavy atom. The van der Waals surface area contributed by atoms with E-state index in [1.54, 1.807) is 47.4 Å². The van der Waals surface area contributed by atoms with Crippen LogP contribution in [0.4, 0.5) is 11.4 Å². The quantitative estimate of drug-likeness (QED) is 0.459. The van der Waals surface area contributed by atoms with Crippen LogP contribution in [0, 0.1) is 5.92 Å².